The van der Waals surface area contributed by atoms with Crippen molar-refractivity contribution in [2.75, 3.05) is 49.1 Å². The van der Waals surface area contributed by atoms with Gasteiger partial charge in [0.15, 0.2) is 0 Å². The van der Waals surface area contributed by atoms with Crippen molar-refractivity contribution in [3.05, 3.63) is 29.3 Å². The molecule has 0 unspecified atom stereocenters. The van der Waals surface area contributed by atoms with Crippen LogP contribution < -0.4 is 4.90 Å². The summed E-state index contributed by atoms with van der Waals surface area (Å²) in [6.07, 6.45) is -0.992. The van der Waals surface area contributed by atoms with Gasteiger partial charge in [-0.15, -0.1) is 0 Å². The fraction of sp³-hybridized carbons (Fsp3) is 0.720. The maximum atomic E-state index is 13.5. The van der Waals surface area contributed by atoms with E-state index in [1.165, 1.54) is 12.1 Å². The van der Waals surface area contributed by atoms with Gasteiger partial charge in [0, 0.05) is 30.9 Å². The van der Waals surface area contributed by atoms with E-state index >= 15 is 0 Å². The standard InChI is InChI=1S/C25H36F3N3O3S/c1-23(2,3)34-22(32)30-11-8-24(9-12-30)7-4-10-31(24)18-19-5-6-20(25(26,27)28)17-21(19)29-13-15-35(33)16-14-29/h5-6,17H,4,7-16,18H2,1-3H3. The van der Waals surface area contributed by atoms with Crippen LogP contribution in [0.3, 0.4) is 0 Å². The summed E-state index contributed by atoms with van der Waals surface area (Å²) in [4.78, 5) is 18.7. The van der Waals surface area contributed by atoms with E-state index in [4.69, 9.17) is 4.74 Å². The van der Waals surface area contributed by atoms with Crippen LogP contribution in [-0.2, 0) is 28.6 Å². The third kappa shape index (κ3) is 6.20. The highest BCUT2D eigenvalue weighted by Crippen LogP contribution is 2.41. The summed E-state index contributed by atoms with van der Waals surface area (Å²) in [5, 5.41) is 0. The van der Waals surface area contributed by atoms with Crippen LogP contribution in [0, 0.1) is 0 Å². The summed E-state index contributed by atoms with van der Waals surface area (Å²) >= 11 is -0.907. The van der Waals surface area contributed by atoms with E-state index < -0.39 is 28.5 Å². The Hall–Kier alpha value is -1.65. The van der Waals surface area contributed by atoms with Crippen molar-refractivity contribution in [3.63, 3.8) is 0 Å². The number of hydrogen-bond acceptors (Lipinski definition) is 5. The molecule has 3 fully saturated rings. The van der Waals surface area contributed by atoms with Gasteiger partial charge >= 0.3 is 12.3 Å². The van der Waals surface area contributed by atoms with Gasteiger partial charge in [-0.3, -0.25) is 4.90 Å². The van der Waals surface area contributed by atoms with Crippen molar-refractivity contribution >= 4 is 23.0 Å². The number of carbonyl (C=O) groups excluding carboxylic acids is 1. The van der Waals surface area contributed by atoms with Crippen molar-refractivity contribution in [3.8, 4) is 0 Å². The van der Waals surface area contributed by atoms with E-state index in [1.54, 1.807) is 11.0 Å². The number of likely N-dealkylation sites (tertiary alicyclic amines) is 2. The molecule has 6 nitrogen and oxygen atoms in total. The van der Waals surface area contributed by atoms with E-state index in [0.717, 1.165) is 37.8 Å². The summed E-state index contributed by atoms with van der Waals surface area (Å²) in [6.45, 7) is 9.25. The van der Waals surface area contributed by atoms with Crippen molar-refractivity contribution < 1.29 is 27.3 Å². The van der Waals surface area contributed by atoms with Gasteiger partial charge in [-0.05, 0) is 70.7 Å². The Kier molecular flexibility index (Phi) is 7.56. The molecule has 0 bridgehead atoms. The fourth-order valence-corrected chi connectivity index (χ4v) is 6.54. The molecule has 3 aliphatic rings. The molecule has 3 aliphatic heterocycles. The number of nitrogens with zero attached hydrogens (tertiary/aromatic N) is 3. The second-order valence-electron chi connectivity index (χ2n) is 10.9. The number of benzene rings is 1. The summed E-state index contributed by atoms with van der Waals surface area (Å²) in [6, 6.07) is 4.05. The quantitative estimate of drug-likeness (QED) is 0.549. The molecule has 0 aliphatic carbocycles. The molecule has 0 N–H and O–H groups in total. The first-order valence-electron chi connectivity index (χ1n) is 12.4. The zero-order valence-electron chi connectivity index (χ0n) is 20.8. The zero-order valence-corrected chi connectivity index (χ0v) is 21.6. The molecular weight excluding hydrogens is 479 g/mol. The number of anilines is 1. The van der Waals surface area contributed by atoms with E-state index in [0.29, 0.717) is 49.9 Å². The number of alkyl halides is 3. The number of halogens is 3. The van der Waals surface area contributed by atoms with Gasteiger partial charge in [0.25, 0.3) is 0 Å². The first kappa shape index (κ1) is 26.4. The lowest BCUT2D eigenvalue weighted by atomic mass is 9.84. The molecule has 196 valence electrons. The molecule has 0 radical (unpaired) electrons. The molecule has 1 aromatic carbocycles. The number of carbonyl (C=O) groups is 1. The van der Waals surface area contributed by atoms with Crippen LogP contribution in [0.15, 0.2) is 18.2 Å². The third-order valence-electron chi connectivity index (χ3n) is 7.38. The van der Waals surface area contributed by atoms with Crippen LogP contribution in [-0.4, -0.2) is 75.8 Å². The van der Waals surface area contributed by atoms with Crippen LogP contribution in [0.1, 0.15) is 57.6 Å². The summed E-state index contributed by atoms with van der Waals surface area (Å²) in [5.41, 5.74) is 0.240. The lowest BCUT2D eigenvalue weighted by molar-refractivity contribution is -0.137. The maximum absolute atomic E-state index is 13.5. The van der Waals surface area contributed by atoms with Gasteiger partial charge in [-0.25, -0.2) is 4.79 Å². The molecule has 1 amide bonds. The Morgan fingerprint density at radius 3 is 2.31 bits per heavy atom. The summed E-state index contributed by atoms with van der Waals surface area (Å²) in [5.74, 6) is 0.952. The first-order chi connectivity index (χ1) is 16.4. The van der Waals surface area contributed by atoms with Crippen LogP contribution in [0.2, 0.25) is 0 Å². The SMILES string of the molecule is CC(C)(C)OC(=O)N1CCC2(CCCN2Cc2ccc(C(F)(F)F)cc2N2CC[S+]([O-])CC2)CC1. The van der Waals surface area contributed by atoms with Gasteiger partial charge in [0.05, 0.1) is 18.7 Å². The minimum absolute atomic E-state index is 0.0537. The highest BCUT2D eigenvalue weighted by molar-refractivity contribution is 7.91. The smallest absolute Gasteiger partial charge is 0.416 e. The topological polar surface area (TPSA) is 59.1 Å². The minimum atomic E-state index is -4.41. The first-order valence-corrected chi connectivity index (χ1v) is 13.9. The van der Waals surface area contributed by atoms with E-state index in [9.17, 15) is 22.5 Å². The molecule has 0 aromatic heterocycles. The van der Waals surface area contributed by atoms with Crippen molar-refractivity contribution in [2.24, 2.45) is 0 Å². The van der Waals surface area contributed by atoms with E-state index in [-0.39, 0.29) is 11.6 Å². The largest absolute Gasteiger partial charge is 0.616 e. The summed E-state index contributed by atoms with van der Waals surface area (Å²) < 4.78 is 57.9. The molecule has 1 aromatic rings. The molecule has 3 heterocycles. The zero-order chi connectivity index (χ0) is 25.4. The maximum Gasteiger partial charge on any atom is 0.416 e. The molecule has 0 atom stereocenters. The molecular formula is C25H36F3N3O3S. The Morgan fingerprint density at radius 1 is 1.06 bits per heavy atom. The lowest BCUT2D eigenvalue weighted by Gasteiger charge is -2.45. The van der Waals surface area contributed by atoms with Crippen molar-refractivity contribution in [1.82, 2.24) is 9.80 Å². The Morgan fingerprint density at radius 2 is 1.71 bits per heavy atom. The Bertz CT molecular complexity index is 905. The Balaban J connectivity index is 1.51. The number of ether oxygens (including phenoxy) is 1. The number of piperidine rings is 1. The Labute approximate surface area is 208 Å². The van der Waals surface area contributed by atoms with Crippen LogP contribution in [0.25, 0.3) is 0 Å². The van der Waals surface area contributed by atoms with Crippen molar-refractivity contribution in [1.29, 1.82) is 0 Å². The van der Waals surface area contributed by atoms with Gasteiger partial charge in [-0.2, -0.15) is 13.2 Å². The second kappa shape index (κ2) is 10.0. The van der Waals surface area contributed by atoms with Gasteiger partial charge in [0.2, 0.25) is 0 Å². The fourth-order valence-electron chi connectivity index (χ4n) is 5.49. The number of amides is 1. The summed E-state index contributed by atoms with van der Waals surface area (Å²) in [7, 11) is 0. The lowest BCUT2D eigenvalue weighted by Crippen LogP contribution is -2.53. The molecule has 1 spiro atoms. The van der Waals surface area contributed by atoms with Gasteiger partial charge in [0.1, 0.15) is 17.1 Å². The highest BCUT2D eigenvalue weighted by Gasteiger charge is 2.44. The van der Waals surface area contributed by atoms with Gasteiger partial charge in [-0.1, -0.05) is 17.2 Å². The van der Waals surface area contributed by atoms with Crippen LogP contribution in [0.5, 0.6) is 0 Å². The molecule has 3 saturated heterocycles. The molecule has 35 heavy (non-hydrogen) atoms. The third-order valence-corrected chi connectivity index (χ3v) is 8.65. The predicted molar refractivity (Wildman–Crippen MR) is 131 cm³/mol. The molecule has 10 heteroatoms. The monoisotopic (exact) mass is 515 g/mol. The minimum Gasteiger partial charge on any atom is -0.616 e. The predicted octanol–water partition coefficient (Wildman–Crippen LogP) is 4.64. The number of rotatable bonds is 3. The van der Waals surface area contributed by atoms with Crippen LogP contribution >= 0.6 is 0 Å². The number of hydrogen-bond donors (Lipinski definition) is 0. The molecule has 4 rings (SSSR count). The molecule has 0 saturated carbocycles. The van der Waals surface area contributed by atoms with E-state index in [2.05, 4.69) is 4.90 Å². The van der Waals surface area contributed by atoms with Gasteiger partial charge < -0.3 is 19.1 Å². The van der Waals surface area contributed by atoms with Crippen molar-refractivity contribution in [2.45, 2.75) is 70.3 Å². The average Bonchev–Trinajstić information content (AvgIpc) is 3.14. The average molecular weight is 516 g/mol. The highest BCUT2D eigenvalue weighted by atomic mass is 32.2. The normalized spacial score (nSPS) is 22.1. The van der Waals surface area contributed by atoms with Crippen LogP contribution in [0.4, 0.5) is 23.7 Å². The second-order valence-corrected chi connectivity index (χ2v) is 12.6. The van der Waals surface area contributed by atoms with E-state index in [1.807, 2.05) is 25.7 Å².